The molecule has 0 aliphatic carbocycles. The Labute approximate surface area is 129 Å². The number of pyridine rings is 1. The molecule has 0 fully saturated rings. The second-order valence-electron chi connectivity index (χ2n) is 4.07. The van der Waals surface area contributed by atoms with Crippen molar-refractivity contribution in [1.82, 2.24) is 14.5 Å². The minimum atomic E-state index is 0.429. The second-order valence-corrected chi connectivity index (χ2v) is 5.30. The van der Waals surface area contributed by atoms with Crippen LogP contribution in [0.2, 0.25) is 10.0 Å². The topological polar surface area (TPSA) is 57.4 Å². The summed E-state index contributed by atoms with van der Waals surface area (Å²) >= 11 is 17.4. The van der Waals surface area contributed by atoms with Crippen LogP contribution in [0.3, 0.4) is 0 Å². The molecule has 0 aliphatic heterocycles. The third kappa shape index (κ3) is 2.08. The van der Waals surface area contributed by atoms with Gasteiger partial charge in [0.2, 0.25) is 0 Å². The molecule has 3 rings (SSSR count). The quantitative estimate of drug-likeness (QED) is 0.681. The molecule has 0 aliphatic rings. The van der Waals surface area contributed by atoms with Crippen molar-refractivity contribution < 1.29 is 0 Å². The molecular formula is C13H6Cl2N4S. The smallest absolute Gasteiger partial charge is 0.184 e. The van der Waals surface area contributed by atoms with Crippen molar-refractivity contribution >= 4 is 46.6 Å². The van der Waals surface area contributed by atoms with Gasteiger partial charge in [0.05, 0.1) is 32.9 Å². The summed E-state index contributed by atoms with van der Waals surface area (Å²) in [7, 11) is 0. The maximum atomic E-state index is 8.87. The number of hydrogen-bond donors (Lipinski definition) is 1. The van der Waals surface area contributed by atoms with Crippen LogP contribution in [0.25, 0.3) is 16.9 Å². The zero-order chi connectivity index (χ0) is 14.3. The average molecular weight is 321 g/mol. The Morgan fingerprint density at radius 2 is 2.10 bits per heavy atom. The van der Waals surface area contributed by atoms with Gasteiger partial charge in [-0.15, -0.1) is 0 Å². The van der Waals surface area contributed by atoms with Crippen LogP contribution in [0.4, 0.5) is 0 Å². The maximum Gasteiger partial charge on any atom is 0.184 e. The van der Waals surface area contributed by atoms with Gasteiger partial charge in [0.25, 0.3) is 0 Å². The first-order valence-corrected chi connectivity index (χ1v) is 6.73. The van der Waals surface area contributed by atoms with Gasteiger partial charge in [0, 0.05) is 6.20 Å². The molecule has 0 saturated heterocycles. The fourth-order valence-electron chi connectivity index (χ4n) is 1.95. The molecule has 98 valence electrons. The van der Waals surface area contributed by atoms with Crippen molar-refractivity contribution in [2.24, 2.45) is 0 Å². The van der Waals surface area contributed by atoms with Crippen molar-refractivity contribution in [2.45, 2.75) is 0 Å². The van der Waals surface area contributed by atoms with E-state index in [2.05, 4.69) is 9.97 Å². The number of benzene rings is 1. The molecule has 1 N–H and O–H groups in total. The molecule has 0 radical (unpaired) electrons. The van der Waals surface area contributed by atoms with Crippen molar-refractivity contribution in [3.8, 4) is 11.8 Å². The van der Waals surface area contributed by atoms with Crippen LogP contribution >= 0.6 is 35.4 Å². The van der Waals surface area contributed by atoms with E-state index >= 15 is 0 Å². The van der Waals surface area contributed by atoms with Crippen molar-refractivity contribution in [2.75, 3.05) is 0 Å². The van der Waals surface area contributed by atoms with Crippen LogP contribution < -0.4 is 0 Å². The number of rotatable bonds is 1. The highest BCUT2D eigenvalue weighted by atomic mass is 35.5. The molecular weight excluding hydrogens is 315 g/mol. The van der Waals surface area contributed by atoms with E-state index in [1.54, 1.807) is 35.0 Å². The highest BCUT2D eigenvalue weighted by Gasteiger charge is 2.11. The number of nitrogens with one attached hydrogen (secondary N) is 1. The van der Waals surface area contributed by atoms with E-state index < -0.39 is 0 Å². The zero-order valence-corrected chi connectivity index (χ0v) is 12.2. The standard InChI is InChI=1S/C13H6Cl2N4S/c14-8-4-10-12(17-6-8)19(13(20)18-10)11-2-1-7(5-16)3-9(11)15/h1-4,6H,(H,18,20). The van der Waals surface area contributed by atoms with E-state index in [0.717, 1.165) is 5.52 Å². The minimum Gasteiger partial charge on any atom is -0.329 e. The fraction of sp³-hybridized carbons (Fsp3) is 0. The highest BCUT2D eigenvalue weighted by molar-refractivity contribution is 7.71. The molecule has 0 spiro atoms. The lowest BCUT2D eigenvalue weighted by Gasteiger charge is -2.06. The second kappa shape index (κ2) is 4.91. The van der Waals surface area contributed by atoms with Crippen LogP contribution in [0.5, 0.6) is 0 Å². The van der Waals surface area contributed by atoms with Gasteiger partial charge >= 0.3 is 0 Å². The van der Waals surface area contributed by atoms with Gasteiger partial charge in [-0.25, -0.2) is 4.98 Å². The number of halogens is 2. The number of hydrogen-bond acceptors (Lipinski definition) is 3. The number of nitriles is 1. The first-order chi connectivity index (χ1) is 9.60. The molecule has 4 nitrogen and oxygen atoms in total. The monoisotopic (exact) mass is 320 g/mol. The van der Waals surface area contributed by atoms with Crippen molar-refractivity contribution in [1.29, 1.82) is 5.26 Å². The van der Waals surface area contributed by atoms with E-state index in [1.165, 1.54) is 0 Å². The van der Waals surface area contributed by atoms with Crippen molar-refractivity contribution in [3.05, 3.63) is 50.8 Å². The maximum absolute atomic E-state index is 8.87. The van der Waals surface area contributed by atoms with E-state index in [1.807, 2.05) is 6.07 Å². The number of aromatic amines is 1. The van der Waals surface area contributed by atoms with Gasteiger partial charge < -0.3 is 4.98 Å². The molecule has 0 bridgehead atoms. The average Bonchev–Trinajstić information content (AvgIpc) is 2.73. The lowest BCUT2D eigenvalue weighted by molar-refractivity contribution is 1.04. The molecule has 2 aromatic heterocycles. The summed E-state index contributed by atoms with van der Waals surface area (Å²) < 4.78 is 2.17. The molecule has 1 aromatic carbocycles. The Balaban J connectivity index is 2.33. The SMILES string of the molecule is N#Cc1ccc(-n2c(=S)[nH]c3cc(Cl)cnc32)c(Cl)c1. The van der Waals surface area contributed by atoms with Gasteiger partial charge in [0.1, 0.15) is 0 Å². The Hall–Kier alpha value is -1.87. The summed E-state index contributed by atoms with van der Waals surface area (Å²) in [6.45, 7) is 0. The van der Waals surface area contributed by atoms with Gasteiger partial charge in [-0.2, -0.15) is 5.26 Å². The Morgan fingerprint density at radius 3 is 2.80 bits per heavy atom. The predicted molar refractivity (Wildman–Crippen MR) is 81.0 cm³/mol. The lowest BCUT2D eigenvalue weighted by Crippen LogP contribution is -1.97. The van der Waals surface area contributed by atoms with Crippen LogP contribution in [0.15, 0.2) is 30.5 Å². The molecule has 7 heteroatoms. The van der Waals surface area contributed by atoms with E-state index in [-0.39, 0.29) is 0 Å². The lowest BCUT2D eigenvalue weighted by atomic mass is 10.2. The molecule has 0 unspecified atom stereocenters. The highest BCUT2D eigenvalue weighted by Crippen LogP contribution is 2.26. The van der Waals surface area contributed by atoms with Crippen LogP contribution in [0, 0.1) is 16.1 Å². The summed E-state index contributed by atoms with van der Waals surface area (Å²) in [6.07, 6.45) is 1.54. The van der Waals surface area contributed by atoms with E-state index in [0.29, 0.717) is 31.7 Å². The van der Waals surface area contributed by atoms with Crippen LogP contribution in [0.1, 0.15) is 5.56 Å². The third-order valence-corrected chi connectivity index (χ3v) is 3.60. The fourth-order valence-corrected chi connectivity index (χ4v) is 2.67. The predicted octanol–water partition coefficient (Wildman–Crippen LogP) is 4.26. The van der Waals surface area contributed by atoms with E-state index in [9.17, 15) is 0 Å². The van der Waals surface area contributed by atoms with Crippen LogP contribution in [-0.4, -0.2) is 14.5 Å². The molecule has 0 atom stereocenters. The summed E-state index contributed by atoms with van der Waals surface area (Å²) in [5.74, 6) is 0. The Kier molecular flexibility index (Phi) is 3.22. The molecule has 20 heavy (non-hydrogen) atoms. The summed E-state index contributed by atoms with van der Waals surface area (Å²) in [6, 6.07) is 8.79. The van der Waals surface area contributed by atoms with Crippen molar-refractivity contribution in [3.63, 3.8) is 0 Å². The zero-order valence-electron chi connectivity index (χ0n) is 9.89. The first kappa shape index (κ1) is 13.1. The van der Waals surface area contributed by atoms with Crippen LogP contribution in [-0.2, 0) is 0 Å². The largest absolute Gasteiger partial charge is 0.329 e. The summed E-state index contributed by atoms with van der Waals surface area (Å²) in [4.78, 5) is 7.30. The minimum absolute atomic E-state index is 0.429. The molecule has 2 heterocycles. The summed E-state index contributed by atoms with van der Waals surface area (Å²) in [5, 5.41) is 9.82. The summed E-state index contributed by atoms with van der Waals surface area (Å²) in [5.41, 5.74) is 2.51. The number of imidazole rings is 1. The molecule has 3 aromatic rings. The Bertz CT molecular complexity index is 920. The van der Waals surface area contributed by atoms with Gasteiger partial charge in [-0.05, 0) is 36.5 Å². The number of nitrogens with zero attached hydrogens (tertiary/aromatic N) is 3. The number of H-pyrrole nitrogens is 1. The van der Waals surface area contributed by atoms with Gasteiger partial charge in [0.15, 0.2) is 10.4 Å². The first-order valence-electron chi connectivity index (χ1n) is 5.56. The third-order valence-electron chi connectivity index (χ3n) is 2.81. The molecule has 0 saturated carbocycles. The molecule has 0 amide bonds. The number of fused-ring (bicyclic) bond motifs is 1. The Morgan fingerprint density at radius 1 is 1.30 bits per heavy atom. The van der Waals surface area contributed by atoms with E-state index in [4.69, 9.17) is 40.7 Å². The number of aromatic nitrogens is 3. The van der Waals surface area contributed by atoms with Gasteiger partial charge in [-0.1, -0.05) is 23.2 Å². The normalized spacial score (nSPS) is 10.7. The van der Waals surface area contributed by atoms with Gasteiger partial charge in [-0.3, -0.25) is 4.57 Å².